The van der Waals surface area contributed by atoms with E-state index in [1.165, 1.54) is 26.4 Å². The van der Waals surface area contributed by atoms with Gasteiger partial charge in [0.05, 0.1) is 37.5 Å². The highest BCUT2D eigenvalue weighted by atomic mass is 32.2. The molecule has 2 rings (SSSR count). The number of methoxy groups -OCH3 is 3. The molecule has 0 bridgehead atoms. The summed E-state index contributed by atoms with van der Waals surface area (Å²) in [6.45, 7) is 0. The summed E-state index contributed by atoms with van der Waals surface area (Å²) in [6.07, 6.45) is 0. The summed E-state index contributed by atoms with van der Waals surface area (Å²) in [5, 5.41) is 0. The maximum atomic E-state index is 13.3. The number of carbonyl (C=O) groups is 1. The lowest BCUT2D eigenvalue weighted by Crippen LogP contribution is -2.17. The number of halogens is 2. The second-order valence-corrected chi connectivity index (χ2v) is 6.61. The van der Waals surface area contributed by atoms with Gasteiger partial charge in [-0.25, -0.2) is 22.0 Å². The van der Waals surface area contributed by atoms with Crippen LogP contribution in [-0.4, -0.2) is 35.7 Å². The van der Waals surface area contributed by atoms with Crippen LogP contribution in [0.5, 0.6) is 11.5 Å². The molecule has 0 radical (unpaired) electrons. The van der Waals surface area contributed by atoms with Crippen molar-refractivity contribution in [1.29, 1.82) is 0 Å². The summed E-state index contributed by atoms with van der Waals surface area (Å²) in [5.41, 5.74) is -0.337. The van der Waals surface area contributed by atoms with Crippen molar-refractivity contribution in [3.8, 4) is 11.5 Å². The van der Waals surface area contributed by atoms with E-state index in [-0.39, 0.29) is 22.7 Å². The predicted molar refractivity (Wildman–Crippen MR) is 88.1 cm³/mol. The average Bonchev–Trinajstić information content (AvgIpc) is 2.62. The van der Waals surface area contributed by atoms with Gasteiger partial charge in [-0.05, 0) is 18.2 Å². The molecular formula is C16H15F2NO6S. The predicted octanol–water partition coefficient (Wildman–Crippen LogP) is 2.57. The molecular weight excluding hydrogens is 372 g/mol. The zero-order chi connectivity index (χ0) is 19.5. The first-order chi connectivity index (χ1) is 12.2. The molecule has 0 aromatic heterocycles. The minimum Gasteiger partial charge on any atom is -0.493 e. The van der Waals surface area contributed by atoms with Gasteiger partial charge in [0.25, 0.3) is 10.0 Å². The molecule has 2 aromatic carbocycles. The van der Waals surface area contributed by atoms with E-state index in [4.69, 9.17) is 9.47 Å². The maximum Gasteiger partial charge on any atom is 0.340 e. The largest absolute Gasteiger partial charge is 0.493 e. The lowest BCUT2D eigenvalue weighted by Gasteiger charge is -2.15. The topological polar surface area (TPSA) is 90.9 Å². The van der Waals surface area contributed by atoms with Crippen molar-refractivity contribution >= 4 is 21.7 Å². The Balaban J connectivity index is 2.55. The zero-order valence-corrected chi connectivity index (χ0v) is 14.8. The van der Waals surface area contributed by atoms with Gasteiger partial charge in [-0.15, -0.1) is 0 Å². The smallest absolute Gasteiger partial charge is 0.340 e. The number of benzene rings is 2. The van der Waals surface area contributed by atoms with Crippen molar-refractivity contribution in [2.24, 2.45) is 0 Å². The molecule has 26 heavy (non-hydrogen) atoms. The maximum absolute atomic E-state index is 13.3. The second-order valence-electron chi connectivity index (χ2n) is 4.93. The van der Waals surface area contributed by atoms with Gasteiger partial charge in [0.1, 0.15) is 0 Å². The molecule has 1 N–H and O–H groups in total. The first kappa shape index (κ1) is 19.4. The SMILES string of the molecule is COC(=O)c1cc(OC)c(OC)cc1NS(=O)(=O)c1ccc(F)c(F)c1. The Morgan fingerprint density at radius 1 is 0.962 bits per heavy atom. The van der Waals surface area contributed by atoms with Crippen LogP contribution in [0.2, 0.25) is 0 Å². The van der Waals surface area contributed by atoms with Crippen LogP contribution < -0.4 is 14.2 Å². The number of sulfonamides is 1. The van der Waals surface area contributed by atoms with E-state index in [1.54, 1.807) is 0 Å². The quantitative estimate of drug-likeness (QED) is 0.766. The Bertz CT molecular complexity index is 946. The molecule has 0 aliphatic carbocycles. The van der Waals surface area contributed by atoms with Crippen LogP contribution >= 0.6 is 0 Å². The summed E-state index contributed by atoms with van der Waals surface area (Å²) >= 11 is 0. The van der Waals surface area contributed by atoms with E-state index in [2.05, 4.69) is 9.46 Å². The summed E-state index contributed by atoms with van der Waals surface area (Å²) in [6, 6.07) is 4.53. The van der Waals surface area contributed by atoms with Gasteiger partial charge < -0.3 is 14.2 Å². The van der Waals surface area contributed by atoms with Gasteiger partial charge in [-0.1, -0.05) is 0 Å². The van der Waals surface area contributed by atoms with Gasteiger partial charge in [0.2, 0.25) is 0 Å². The van der Waals surface area contributed by atoms with E-state index in [9.17, 15) is 22.0 Å². The van der Waals surface area contributed by atoms with Crippen molar-refractivity contribution in [1.82, 2.24) is 0 Å². The molecule has 0 spiro atoms. The molecule has 0 fully saturated rings. The van der Waals surface area contributed by atoms with Gasteiger partial charge >= 0.3 is 5.97 Å². The molecule has 0 aliphatic rings. The third-order valence-corrected chi connectivity index (χ3v) is 4.74. The van der Waals surface area contributed by atoms with E-state index in [0.29, 0.717) is 12.1 Å². The van der Waals surface area contributed by atoms with Gasteiger partial charge in [-0.2, -0.15) is 0 Å². The van der Waals surface area contributed by atoms with E-state index < -0.39 is 32.5 Å². The standard InChI is InChI=1S/C16H15F2NO6S/c1-23-14-7-10(16(20)25-3)13(8-15(14)24-2)19-26(21,22)9-4-5-11(17)12(18)6-9/h4-8,19H,1-3H3. The van der Waals surface area contributed by atoms with Gasteiger partial charge in [0.15, 0.2) is 23.1 Å². The molecule has 0 heterocycles. The van der Waals surface area contributed by atoms with Crippen molar-refractivity contribution in [2.45, 2.75) is 4.90 Å². The number of carbonyl (C=O) groups excluding carboxylic acids is 1. The fraction of sp³-hybridized carbons (Fsp3) is 0.188. The summed E-state index contributed by atoms with van der Waals surface area (Å²) < 4.78 is 68.2. The number of esters is 1. The Labute approximate surface area is 148 Å². The van der Waals surface area contributed by atoms with Crippen molar-refractivity contribution < 1.29 is 36.2 Å². The lowest BCUT2D eigenvalue weighted by atomic mass is 10.1. The molecule has 0 saturated heterocycles. The Kier molecular flexibility index (Phi) is 5.66. The number of ether oxygens (including phenoxy) is 3. The van der Waals surface area contributed by atoms with Crippen molar-refractivity contribution in [2.75, 3.05) is 26.1 Å². The highest BCUT2D eigenvalue weighted by molar-refractivity contribution is 7.92. The molecule has 0 saturated carbocycles. The average molecular weight is 387 g/mol. The number of anilines is 1. The Morgan fingerprint density at radius 2 is 1.58 bits per heavy atom. The summed E-state index contributed by atoms with van der Waals surface area (Å²) in [7, 11) is -0.544. The third-order valence-electron chi connectivity index (χ3n) is 3.37. The number of nitrogens with one attached hydrogen (secondary N) is 1. The van der Waals surface area contributed by atoms with Crippen LogP contribution in [0.15, 0.2) is 35.2 Å². The normalized spacial score (nSPS) is 11.0. The van der Waals surface area contributed by atoms with Crippen molar-refractivity contribution in [3.63, 3.8) is 0 Å². The molecule has 0 unspecified atom stereocenters. The van der Waals surface area contributed by atoms with E-state index in [0.717, 1.165) is 13.2 Å². The molecule has 140 valence electrons. The lowest BCUT2D eigenvalue weighted by molar-refractivity contribution is 0.0601. The molecule has 0 amide bonds. The minimum atomic E-state index is -4.32. The van der Waals surface area contributed by atoms with Gasteiger partial charge in [0, 0.05) is 12.1 Å². The number of hydrogen-bond acceptors (Lipinski definition) is 6. The van der Waals surface area contributed by atoms with Crippen LogP contribution in [0.4, 0.5) is 14.5 Å². The first-order valence-electron chi connectivity index (χ1n) is 7.05. The highest BCUT2D eigenvalue weighted by Gasteiger charge is 2.23. The Morgan fingerprint density at radius 3 is 2.12 bits per heavy atom. The fourth-order valence-electron chi connectivity index (χ4n) is 2.09. The van der Waals surface area contributed by atoms with Crippen molar-refractivity contribution in [3.05, 3.63) is 47.5 Å². The molecule has 7 nitrogen and oxygen atoms in total. The molecule has 2 aromatic rings. The van der Waals surface area contributed by atoms with Crippen LogP contribution in [-0.2, 0) is 14.8 Å². The third kappa shape index (κ3) is 3.85. The van der Waals surface area contributed by atoms with Crippen LogP contribution in [0, 0.1) is 11.6 Å². The molecule has 0 atom stereocenters. The molecule has 10 heteroatoms. The summed E-state index contributed by atoms with van der Waals surface area (Å²) in [4.78, 5) is 11.4. The zero-order valence-electron chi connectivity index (χ0n) is 14.0. The number of hydrogen-bond donors (Lipinski definition) is 1. The van der Waals surface area contributed by atoms with Crippen LogP contribution in [0.25, 0.3) is 0 Å². The van der Waals surface area contributed by atoms with Crippen LogP contribution in [0.1, 0.15) is 10.4 Å². The molecule has 0 aliphatic heterocycles. The fourth-order valence-corrected chi connectivity index (χ4v) is 3.17. The number of rotatable bonds is 6. The Hall–Kier alpha value is -2.88. The van der Waals surface area contributed by atoms with Gasteiger partial charge in [-0.3, -0.25) is 4.72 Å². The monoisotopic (exact) mass is 387 g/mol. The minimum absolute atomic E-state index is 0.142. The van der Waals surface area contributed by atoms with Crippen LogP contribution in [0.3, 0.4) is 0 Å². The van der Waals surface area contributed by atoms with E-state index >= 15 is 0 Å². The first-order valence-corrected chi connectivity index (χ1v) is 8.54. The van der Waals surface area contributed by atoms with E-state index in [1.807, 2.05) is 0 Å². The summed E-state index contributed by atoms with van der Waals surface area (Å²) in [5.74, 6) is -3.04. The second kappa shape index (κ2) is 7.56. The highest BCUT2D eigenvalue weighted by Crippen LogP contribution is 2.34.